The van der Waals surface area contributed by atoms with E-state index in [0.29, 0.717) is 0 Å². The Morgan fingerprint density at radius 1 is 1.38 bits per heavy atom. The zero-order valence-electron chi connectivity index (χ0n) is 7.60. The topological polar surface area (TPSA) is 41.8 Å². The minimum atomic E-state index is -0.00836. The molecule has 3 nitrogen and oxygen atoms in total. The summed E-state index contributed by atoms with van der Waals surface area (Å²) in [6.07, 6.45) is 0. The monoisotopic (exact) mass is 179 g/mol. The average molecular weight is 179 g/mol. The standard InChI is InChI=1S/C10H13NO2/c1-9(11-13-8-7-12)10-5-3-2-4-6-10/h2-6,12H,7-8H2,1H3/b11-9+. The average Bonchev–Trinajstić information content (AvgIpc) is 2.19. The van der Waals surface area contributed by atoms with Crippen LogP contribution in [0.15, 0.2) is 35.5 Å². The lowest BCUT2D eigenvalue weighted by molar-refractivity contribution is 0.0986. The first-order chi connectivity index (χ1) is 6.34. The number of aliphatic hydroxyl groups excluding tert-OH is 1. The molecule has 1 N–H and O–H groups in total. The summed E-state index contributed by atoms with van der Waals surface area (Å²) in [6.45, 7) is 2.10. The van der Waals surface area contributed by atoms with Gasteiger partial charge < -0.3 is 9.94 Å². The van der Waals surface area contributed by atoms with Gasteiger partial charge in [0.05, 0.1) is 12.3 Å². The third-order valence-electron chi connectivity index (χ3n) is 1.58. The summed E-state index contributed by atoms with van der Waals surface area (Å²) in [7, 11) is 0. The van der Waals surface area contributed by atoms with Crippen molar-refractivity contribution in [2.45, 2.75) is 6.92 Å². The van der Waals surface area contributed by atoms with E-state index in [1.165, 1.54) is 0 Å². The Kier molecular flexibility index (Phi) is 3.99. The number of hydrogen-bond acceptors (Lipinski definition) is 3. The summed E-state index contributed by atoms with van der Waals surface area (Å²) in [5.74, 6) is 0. The Morgan fingerprint density at radius 3 is 2.69 bits per heavy atom. The highest BCUT2D eigenvalue weighted by Crippen LogP contribution is 2.00. The SMILES string of the molecule is C/C(=N\OCCO)c1ccccc1. The fourth-order valence-corrected chi connectivity index (χ4v) is 0.915. The van der Waals surface area contributed by atoms with Gasteiger partial charge in [-0.15, -0.1) is 0 Å². The Labute approximate surface area is 77.6 Å². The van der Waals surface area contributed by atoms with E-state index < -0.39 is 0 Å². The molecule has 0 amide bonds. The summed E-state index contributed by atoms with van der Waals surface area (Å²) in [5, 5.41) is 12.3. The molecule has 1 aromatic carbocycles. The molecule has 0 unspecified atom stereocenters. The molecular formula is C10H13NO2. The van der Waals surface area contributed by atoms with Crippen LogP contribution in [0.4, 0.5) is 0 Å². The molecule has 0 aliphatic heterocycles. The minimum absolute atomic E-state index is 0.00836. The lowest BCUT2D eigenvalue weighted by atomic mass is 10.1. The maximum atomic E-state index is 8.46. The maximum absolute atomic E-state index is 8.46. The van der Waals surface area contributed by atoms with Gasteiger partial charge in [-0.3, -0.25) is 0 Å². The van der Waals surface area contributed by atoms with Gasteiger partial charge in [0.2, 0.25) is 0 Å². The van der Waals surface area contributed by atoms with Crippen molar-refractivity contribution >= 4 is 5.71 Å². The molecule has 0 atom stereocenters. The van der Waals surface area contributed by atoms with Gasteiger partial charge in [0.15, 0.2) is 0 Å². The predicted octanol–water partition coefficient (Wildman–Crippen LogP) is 1.42. The van der Waals surface area contributed by atoms with Gasteiger partial charge in [-0.1, -0.05) is 35.5 Å². The zero-order chi connectivity index (χ0) is 9.52. The molecule has 0 aliphatic rings. The first kappa shape index (κ1) is 9.74. The fraction of sp³-hybridized carbons (Fsp3) is 0.300. The second-order valence-electron chi connectivity index (χ2n) is 2.60. The van der Waals surface area contributed by atoms with Crippen LogP contribution in [0.1, 0.15) is 12.5 Å². The number of rotatable bonds is 4. The lowest BCUT2D eigenvalue weighted by Crippen LogP contribution is -1.99. The van der Waals surface area contributed by atoms with Crippen LogP contribution in [-0.4, -0.2) is 24.0 Å². The van der Waals surface area contributed by atoms with Crippen molar-refractivity contribution < 1.29 is 9.94 Å². The molecule has 0 saturated heterocycles. The molecule has 0 fully saturated rings. The molecule has 0 spiro atoms. The number of aliphatic hydroxyl groups is 1. The van der Waals surface area contributed by atoms with Gasteiger partial charge in [-0.2, -0.15) is 0 Å². The van der Waals surface area contributed by atoms with Gasteiger partial charge in [0, 0.05) is 0 Å². The first-order valence-electron chi connectivity index (χ1n) is 4.17. The number of nitrogens with zero attached hydrogens (tertiary/aromatic N) is 1. The highest BCUT2D eigenvalue weighted by Gasteiger charge is 1.94. The Balaban J connectivity index is 2.57. The molecule has 70 valence electrons. The van der Waals surface area contributed by atoms with E-state index >= 15 is 0 Å². The smallest absolute Gasteiger partial charge is 0.140 e. The summed E-state index contributed by atoms with van der Waals surface area (Å²) < 4.78 is 0. The van der Waals surface area contributed by atoms with Crippen molar-refractivity contribution in [2.75, 3.05) is 13.2 Å². The van der Waals surface area contributed by atoms with Crippen LogP contribution in [0.3, 0.4) is 0 Å². The molecule has 0 heterocycles. The van der Waals surface area contributed by atoms with Gasteiger partial charge in [-0.05, 0) is 12.5 Å². The summed E-state index contributed by atoms with van der Waals surface area (Å²) in [5.41, 5.74) is 1.84. The van der Waals surface area contributed by atoms with E-state index in [1.807, 2.05) is 37.3 Å². The van der Waals surface area contributed by atoms with Crippen LogP contribution in [0.2, 0.25) is 0 Å². The number of oxime groups is 1. The predicted molar refractivity (Wildman–Crippen MR) is 51.7 cm³/mol. The molecule has 13 heavy (non-hydrogen) atoms. The Bertz CT molecular complexity index is 270. The van der Waals surface area contributed by atoms with Gasteiger partial charge in [0.25, 0.3) is 0 Å². The van der Waals surface area contributed by atoms with Crippen molar-refractivity contribution in [1.82, 2.24) is 0 Å². The zero-order valence-corrected chi connectivity index (χ0v) is 7.60. The van der Waals surface area contributed by atoms with E-state index in [0.717, 1.165) is 11.3 Å². The highest BCUT2D eigenvalue weighted by molar-refractivity contribution is 5.98. The fourth-order valence-electron chi connectivity index (χ4n) is 0.915. The van der Waals surface area contributed by atoms with Crippen LogP contribution >= 0.6 is 0 Å². The number of hydrogen-bond donors (Lipinski definition) is 1. The molecule has 1 rings (SSSR count). The van der Waals surface area contributed by atoms with Crippen LogP contribution in [0.5, 0.6) is 0 Å². The van der Waals surface area contributed by atoms with Crippen molar-refractivity contribution in [1.29, 1.82) is 0 Å². The van der Waals surface area contributed by atoms with Crippen LogP contribution in [0.25, 0.3) is 0 Å². The molecule has 0 saturated carbocycles. The van der Waals surface area contributed by atoms with Crippen LogP contribution in [0, 0.1) is 0 Å². The van der Waals surface area contributed by atoms with E-state index in [2.05, 4.69) is 5.16 Å². The Morgan fingerprint density at radius 2 is 2.08 bits per heavy atom. The van der Waals surface area contributed by atoms with Gasteiger partial charge in [0.1, 0.15) is 6.61 Å². The van der Waals surface area contributed by atoms with Crippen molar-refractivity contribution in [3.05, 3.63) is 35.9 Å². The highest BCUT2D eigenvalue weighted by atomic mass is 16.6. The van der Waals surface area contributed by atoms with E-state index in [9.17, 15) is 0 Å². The van der Waals surface area contributed by atoms with Crippen molar-refractivity contribution in [2.24, 2.45) is 5.16 Å². The molecule has 0 bridgehead atoms. The summed E-state index contributed by atoms with van der Waals surface area (Å²) in [6, 6.07) is 9.76. The second kappa shape index (κ2) is 5.32. The lowest BCUT2D eigenvalue weighted by Gasteiger charge is -1.99. The van der Waals surface area contributed by atoms with E-state index in [4.69, 9.17) is 9.94 Å². The second-order valence-corrected chi connectivity index (χ2v) is 2.60. The summed E-state index contributed by atoms with van der Waals surface area (Å²) in [4.78, 5) is 4.84. The van der Waals surface area contributed by atoms with E-state index in [-0.39, 0.29) is 13.2 Å². The molecule has 1 aromatic rings. The molecule has 0 aliphatic carbocycles. The number of benzene rings is 1. The summed E-state index contributed by atoms with van der Waals surface area (Å²) >= 11 is 0. The first-order valence-corrected chi connectivity index (χ1v) is 4.17. The molecular weight excluding hydrogens is 166 g/mol. The van der Waals surface area contributed by atoms with Crippen molar-refractivity contribution in [3.63, 3.8) is 0 Å². The van der Waals surface area contributed by atoms with Crippen LogP contribution < -0.4 is 0 Å². The van der Waals surface area contributed by atoms with Crippen LogP contribution in [-0.2, 0) is 4.84 Å². The third kappa shape index (κ3) is 3.25. The minimum Gasteiger partial charge on any atom is -0.393 e. The Hall–Kier alpha value is -1.35. The van der Waals surface area contributed by atoms with Gasteiger partial charge >= 0.3 is 0 Å². The third-order valence-corrected chi connectivity index (χ3v) is 1.58. The molecule has 3 heteroatoms. The van der Waals surface area contributed by atoms with Crippen molar-refractivity contribution in [3.8, 4) is 0 Å². The normalized spacial score (nSPS) is 11.4. The largest absolute Gasteiger partial charge is 0.393 e. The molecule has 0 aromatic heterocycles. The van der Waals surface area contributed by atoms with E-state index in [1.54, 1.807) is 0 Å². The van der Waals surface area contributed by atoms with Gasteiger partial charge in [-0.25, -0.2) is 0 Å². The molecule has 0 radical (unpaired) electrons. The maximum Gasteiger partial charge on any atom is 0.140 e. The quantitative estimate of drug-likeness (QED) is 0.431.